The van der Waals surface area contributed by atoms with Crippen molar-refractivity contribution in [1.29, 1.82) is 0 Å². The van der Waals surface area contributed by atoms with E-state index in [4.69, 9.17) is 0 Å². The smallest absolute Gasteiger partial charge is 0.254 e. The zero-order valence-electron chi connectivity index (χ0n) is 17.6. The minimum atomic E-state index is -0.174. The Balaban J connectivity index is 1.57. The molecule has 2 aromatic carbocycles. The van der Waals surface area contributed by atoms with E-state index in [-0.39, 0.29) is 17.9 Å². The third kappa shape index (κ3) is 6.07. The highest BCUT2D eigenvalue weighted by Gasteiger charge is 2.12. The normalized spacial score (nSPS) is 10.9. The van der Waals surface area contributed by atoms with Crippen LogP contribution in [0.3, 0.4) is 0 Å². The van der Waals surface area contributed by atoms with Gasteiger partial charge < -0.3 is 10.3 Å². The number of rotatable bonds is 8. The van der Waals surface area contributed by atoms with Crippen LogP contribution < -0.4 is 10.9 Å². The summed E-state index contributed by atoms with van der Waals surface area (Å²) < 4.78 is 0. The number of hydrogen-bond acceptors (Lipinski definition) is 4. The number of nitrogens with one attached hydrogen (secondary N) is 2. The monoisotopic (exact) mass is 421 g/mol. The highest BCUT2D eigenvalue weighted by atomic mass is 32.2. The van der Waals surface area contributed by atoms with Gasteiger partial charge in [-0.3, -0.25) is 9.59 Å². The molecule has 0 aliphatic heterocycles. The van der Waals surface area contributed by atoms with Gasteiger partial charge in [-0.2, -0.15) is 0 Å². The number of amides is 1. The largest absolute Gasteiger partial charge is 0.326 e. The molecule has 0 saturated carbocycles. The molecule has 0 aliphatic carbocycles. The van der Waals surface area contributed by atoms with Crippen molar-refractivity contribution < 1.29 is 4.79 Å². The number of aryl methyl sites for hydroxylation is 1. The van der Waals surface area contributed by atoms with Crippen molar-refractivity contribution in [2.24, 2.45) is 0 Å². The molecule has 0 atom stereocenters. The maximum atomic E-state index is 12.5. The van der Waals surface area contributed by atoms with Crippen molar-refractivity contribution in [3.63, 3.8) is 0 Å². The summed E-state index contributed by atoms with van der Waals surface area (Å²) in [5.41, 5.74) is 4.22. The van der Waals surface area contributed by atoms with E-state index in [0.29, 0.717) is 28.8 Å². The van der Waals surface area contributed by atoms with Gasteiger partial charge in [-0.15, -0.1) is 0 Å². The molecule has 3 aromatic rings. The molecule has 6 heteroatoms. The van der Waals surface area contributed by atoms with Gasteiger partial charge in [-0.05, 0) is 42.5 Å². The molecule has 156 valence electrons. The Morgan fingerprint density at radius 3 is 2.43 bits per heavy atom. The number of hydrogen-bond donors (Lipinski definition) is 2. The summed E-state index contributed by atoms with van der Waals surface area (Å²) in [6, 6.07) is 17.9. The first-order valence-electron chi connectivity index (χ1n) is 10.1. The quantitative estimate of drug-likeness (QED) is 0.394. The predicted octanol–water partition coefficient (Wildman–Crippen LogP) is 5.07. The number of thioether (sulfide) groups is 1. The van der Waals surface area contributed by atoms with Gasteiger partial charge in [-0.1, -0.05) is 68.1 Å². The van der Waals surface area contributed by atoms with Crippen molar-refractivity contribution in [3.05, 3.63) is 87.3 Å². The van der Waals surface area contributed by atoms with Crippen molar-refractivity contribution in [2.45, 2.75) is 50.4 Å². The van der Waals surface area contributed by atoms with Crippen LogP contribution in [-0.4, -0.2) is 15.9 Å². The fraction of sp³-hybridized carbons (Fsp3) is 0.292. The Labute approximate surface area is 181 Å². The van der Waals surface area contributed by atoms with E-state index in [1.54, 1.807) is 0 Å². The first-order chi connectivity index (χ1) is 14.4. The maximum absolute atomic E-state index is 12.5. The fourth-order valence-corrected chi connectivity index (χ4v) is 3.95. The van der Waals surface area contributed by atoms with Gasteiger partial charge in [0.2, 0.25) is 5.91 Å². The van der Waals surface area contributed by atoms with Crippen molar-refractivity contribution in [3.8, 4) is 0 Å². The van der Waals surface area contributed by atoms with E-state index in [1.807, 2.05) is 61.5 Å². The van der Waals surface area contributed by atoms with Gasteiger partial charge in [-0.25, -0.2) is 4.98 Å². The van der Waals surface area contributed by atoms with Crippen LogP contribution in [0.4, 0.5) is 5.69 Å². The van der Waals surface area contributed by atoms with E-state index in [1.165, 1.54) is 22.9 Å². The fourth-order valence-electron chi connectivity index (χ4n) is 3.09. The summed E-state index contributed by atoms with van der Waals surface area (Å²) in [7, 11) is 0. The topological polar surface area (TPSA) is 74.8 Å². The lowest BCUT2D eigenvalue weighted by atomic mass is 10.0. The second-order valence-electron chi connectivity index (χ2n) is 7.53. The van der Waals surface area contributed by atoms with E-state index in [0.717, 1.165) is 11.4 Å². The molecule has 1 heterocycles. The van der Waals surface area contributed by atoms with Gasteiger partial charge in [0.25, 0.3) is 5.56 Å². The van der Waals surface area contributed by atoms with Gasteiger partial charge in [0.15, 0.2) is 5.16 Å². The summed E-state index contributed by atoms with van der Waals surface area (Å²) in [5, 5.41) is 3.49. The molecule has 30 heavy (non-hydrogen) atoms. The Kier molecular flexibility index (Phi) is 7.46. The molecule has 1 aromatic heterocycles. The summed E-state index contributed by atoms with van der Waals surface area (Å²) in [6.07, 6.45) is 0.585. The van der Waals surface area contributed by atoms with Crippen LogP contribution in [0.25, 0.3) is 0 Å². The molecule has 0 aliphatic rings. The van der Waals surface area contributed by atoms with Gasteiger partial charge >= 0.3 is 0 Å². The van der Waals surface area contributed by atoms with Crippen LogP contribution in [0.1, 0.15) is 48.6 Å². The number of aromatic nitrogens is 2. The average molecular weight is 422 g/mol. The molecule has 0 saturated heterocycles. The molecule has 1 amide bonds. The van der Waals surface area contributed by atoms with Crippen LogP contribution in [-0.2, 0) is 17.0 Å². The number of benzene rings is 2. The first kappa shape index (κ1) is 21.8. The molecular formula is C24H27N3O2S. The van der Waals surface area contributed by atoms with E-state index in [9.17, 15) is 9.59 Å². The summed E-state index contributed by atoms with van der Waals surface area (Å²) in [6.45, 7) is 6.08. The van der Waals surface area contributed by atoms with E-state index >= 15 is 0 Å². The molecular weight excluding hydrogens is 394 g/mol. The number of aromatic amines is 1. The zero-order valence-corrected chi connectivity index (χ0v) is 18.4. The summed E-state index contributed by atoms with van der Waals surface area (Å²) in [4.78, 5) is 32.2. The lowest BCUT2D eigenvalue weighted by Gasteiger charge is -2.09. The predicted molar refractivity (Wildman–Crippen MR) is 123 cm³/mol. The molecule has 0 radical (unpaired) electrons. The minimum absolute atomic E-state index is 0.117. The van der Waals surface area contributed by atoms with E-state index in [2.05, 4.69) is 29.1 Å². The molecule has 5 nitrogen and oxygen atoms in total. The van der Waals surface area contributed by atoms with Gasteiger partial charge in [0.1, 0.15) is 0 Å². The second-order valence-corrected chi connectivity index (χ2v) is 8.50. The molecule has 0 unspecified atom stereocenters. The lowest BCUT2D eigenvalue weighted by molar-refractivity contribution is -0.116. The third-order valence-electron chi connectivity index (χ3n) is 4.88. The van der Waals surface area contributed by atoms with Crippen LogP contribution in [0.5, 0.6) is 0 Å². The standard InChI is InChI=1S/C24H27N3O2S/c1-16(2)19-9-11-20(12-10-19)26-22(28)14-13-21-17(3)25-24(27-23(21)29)30-15-18-7-5-4-6-8-18/h4-12,16H,13-15H2,1-3H3,(H,26,28)(H,25,27,29). The van der Waals surface area contributed by atoms with Crippen LogP contribution >= 0.6 is 11.8 Å². The Morgan fingerprint density at radius 2 is 1.80 bits per heavy atom. The lowest BCUT2D eigenvalue weighted by Crippen LogP contribution is -2.20. The molecule has 0 fully saturated rings. The molecule has 0 bridgehead atoms. The minimum Gasteiger partial charge on any atom is -0.326 e. The number of H-pyrrole nitrogens is 1. The van der Waals surface area contributed by atoms with Crippen LogP contribution in [0, 0.1) is 6.92 Å². The summed E-state index contributed by atoms with van der Waals surface area (Å²) in [5.74, 6) is 1.07. The number of carbonyl (C=O) groups is 1. The van der Waals surface area contributed by atoms with Gasteiger partial charge in [0.05, 0.1) is 0 Å². The Hall–Kier alpha value is -2.86. The number of carbonyl (C=O) groups excluding carboxylic acids is 1. The average Bonchev–Trinajstić information content (AvgIpc) is 2.73. The molecule has 2 N–H and O–H groups in total. The maximum Gasteiger partial charge on any atom is 0.254 e. The van der Waals surface area contributed by atoms with Crippen LogP contribution in [0.15, 0.2) is 64.5 Å². The highest BCUT2D eigenvalue weighted by molar-refractivity contribution is 7.98. The SMILES string of the molecule is Cc1nc(SCc2ccccc2)[nH]c(=O)c1CCC(=O)Nc1ccc(C(C)C)cc1. The van der Waals surface area contributed by atoms with E-state index < -0.39 is 0 Å². The van der Waals surface area contributed by atoms with Crippen LogP contribution in [0.2, 0.25) is 0 Å². The number of anilines is 1. The van der Waals surface area contributed by atoms with Gasteiger partial charge in [0, 0.05) is 29.1 Å². The number of nitrogens with zero attached hydrogens (tertiary/aromatic N) is 1. The first-order valence-corrected chi connectivity index (χ1v) is 11.1. The summed E-state index contributed by atoms with van der Waals surface area (Å²) >= 11 is 1.49. The zero-order chi connectivity index (χ0) is 21.5. The molecule has 3 rings (SSSR count). The third-order valence-corrected chi connectivity index (χ3v) is 5.83. The van der Waals surface area contributed by atoms with Crippen molar-refractivity contribution in [2.75, 3.05) is 5.32 Å². The Bertz CT molecular complexity index is 1040. The van der Waals surface area contributed by atoms with Crippen molar-refractivity contribution in [1.82, 2.24) is 9.97 Å². The highest BCUT2D eigenvalue weighted by Crippen LogP contribution is 2.20. The second kappa shape index (κ2) is 10.3. The Morgan fingerprint density at radius 1 is 1.10 bits per heavy atom. The van der Waals surface area contributed by atoms with Crippen molar-refractivity contribution >= 4 is 23.4 Å². The molecule has 0 spiro atoms.